The molecule has 0 saturated heterocycles. The Labute approximate surface area is 92.6 Å². The summed E-state index contributed by atoms with van der Waals surface area (Å²) < 4.78 is 4.93. The maximum atomic E-state index is 11.6. The van der Waals surface area contributed by atoms with Gasteiger partial charge in [0.2, 0.25) is 0 Å². The summed E-state index contributed by atoms with van der Waals surface area (Å²) in [6, 6.07) is 2.82. The minimum Gasteiger partial charge on any atom is -0.504 e. The van der Waals surface area contributed by atoms with Gasteiger partial charge in [0.1, 0.15) is 0 Å². The molecule has 0 aromatic heterocycles. The van der Waals surface area contributed by atoms with Crippen LogP contribution in [0.15, 0.2) is 12.1 Å². The Balaban J connectivity index is 3.24. The summed E-state index contributed by atoms with van der Waals surface area (Å²) in [6.07, 6.45) is 0.166. The number of ether oxygens (including phenoxy) is 1. The molecule has 0 saturated carbocycles. The van der Waals surface area contributed by atoms with Gasteiger partial charge >= 0.3 is 0 Å². The van der Waals surface area contributed by atoms with Crippen molar-refractivity contribution in [1.29, 1.82) is 0 Å². The van der Waals surface area contributed by atoms with Gasteiger partial charge in [-0.25, -0.2) is 0 Å². The van der Waals surface area contributed by atoms with Crippen molar-refractivity contribution in [3.8, 4) is 11.5 Å². The van der Waals surface area contributed by atoms with Crippen molar-refractivity contribution in [3.63, 3.8) is 0 Å². The molecule has 0 atom stereocenters. The minimum absolute atomic E-state index is 0.0981. The third-order valence-corrected chi connectivity index (χ3v) is 2.26. The molecule has 82 valence electrons. The Hall–Kier alpha value is -1.26. The summed E-state index contributed by atoms with van der Waals surface area (Å²) >= 11 is 5.86. The summed E-state index contributed by atoms with van der Waals surface area (Å²) in [6.45, 7) is 0.230. The lowest BCUT2D eigenvalue weighted by Gasteiger charge is -2.10. The number of hydrogen-bond acceptors (Lipinski definition) is 4. The highest BCUT2D eigenvalue weighted by Gasteiger charge is 2.18. The second kappa shape index (κ2) is 5.00. The second-order valence-electron chi connectivity index (χ2n) is 2.94. The third kappa shape index (κ3) is 2.40. The van der Waals surface area contributed by atoms with Crippen LogP contribution < -0.4 is 10.5 Å². The Morgan fingerprint density at radius 1 is 1.60 bits per heavy atom. The van der Waals surface area contributed by atoms with Crippen LogP contribution in [-0.4, -0.2) is 24.5 Å². The van der Waals surface area contributed by atoms with Crippen molar-refractivity contribution in [2.75, 3.05) is 13.7 Å². The molecule has 5 heteroatoms. The van der Waals surface area contributed by atoms with Gasteiger partial charge in [0.25, 0.3) is 0 Å². The average molecular weight is 230 g/mol. The van der Waals surface area contributed by atoms with Gasteiger partial charge in [-0.1, -0.05) is 11.6 Å². The number of hydrogen-bond donors (Lipinski definition) is 2. The summed E-state index contributed by atoms with van der Waals surface area (Å²) in [5, 5.41) is 9.72. The van der Waals surface area contributed by atoms with Gasteiger partial charge in [0, 0.05) is 6.42 Å². The van der Waals surface area contributed by atoms with E-state index in [0.29, 0.717) is 0 Å². The van der Waals surface area contributed by atoms with Crippen molar-refractivity contribution in [2.24, 2.45) is 5.73 Å². The maximum Gasteiger partial charge on any atom is 0.172 e. The Bertz CT molecular complexity index is 379. The van der Waals surface area contributed by atoms with E-state index < -0.39 is 0 Å². The predicted octanol–water partition coefficient (Wildman–Crippen LogP) is 1.59. The Morgan fingerprint density at radius 3 is 2.80 bits per heavy atom. The minimum atomic E-state index is -0.241. The predicted molar refractivity (Wildman–Crippen MR) is 57.7 cm³/mol. The molecule has 0 fully saturated rings. The summed E-state index contributed by atoms with van der Waals surface area (Å²) in [5.41, 5.74) is 5.46. The zero-order valence-electron chi connectivity index (χ0n) is 8.29. The number of phenolic OH excluding ortho intramolecular Hbond substituents is 1. The number of methoxy groups -OCH3 is 1. The largest absolute Gasteiger partial charge is 0.504 e. The Kier molecular flexibility index (Phi) is 3.94. The van der Waals surface area contributed by atoms with E-state index in [9.17, 15) is 9.90 Å². The first-order valence-electron chi connectivity index (χ1n) is 4.40. The van der Waals surface area contributed by atoms with Crippen LogP contribution in [0.5, 0.6) is 11.5 Å². The number of Topliss-reactive ketones (excluding diaryl/α,β-unsaturated/α-hetero) is 1. The average Bonchev–Trinajstić information content (AvgIpc) is 2.21. The van der Waals surface area contributed by atoms with Crippen LogP contribution in [-0.2, 0) is 0 Å². The number of rotatable bonds is 4. The molecule has 0 spiro atoms. The molecule has 1 aromatic carbocycles. The molecule has 1 rings (SSSR count). The number of nitrogens with two attached hydrogens (primary N) is 1. The zero-order chi connectivity index (χ0) is 11.4. The summed E-state index contributed by atoms with van der Waals surface area (Å²) in [4.78, 5) is 11.6. The molecule has 0 aliphatic heterocycles. The van der Waals surface area contributed by atoms with E-state index >= 15 is 0 Å². The first-order valence-corrected chi connectivity index (χ1v) is 4.78. The summed E-state index contributed by atoms with van der Waals surface area (Å²) in [5.74, 6) is -0.251. The van der Waals surface area contributed by atoms with Crippen molar-refractivity contribution < 1.29 is 14.6 Å². The maximum absolute atomic E-state index is 11.6. The molecule has 4 nitrogen and oxygen atoms in total. The van der Waals surface area contributed by atoms with Crippen molar-refractivity contribution in [2.45, 2.75) is 6.42 Å². The normalized spacial score (nSPS) is 10.1. The van der Waals surface area contributed by atoms with Gasteiger partial charge in [0.05, 0.1) is 17.7 Å². The van der Waals surface area contributed by atoms with Gasteiger partial charge in [-0.3, -0.25) is 4.79 Å². The lowest BCUT2D eigenvalue weighted by Crippen LogP contribution is -2.10. The standard InChI is InChI=1S/C10H12ClNO3/c1-15-10-8(14)3-2-6(11)9(10)7(13)4-5-12/h2-3,14H,4-5,12H2,1H3. The molecule has 1 aromatic rings. The molecule has 0 heterocycles. The number of halogens is 1. The topological polar surface area (TPSA) is 72.5 Å². The molecular formula is C10H12ClNO3. The van der Waals surface area contributed by atoms with E-state index in [1.165, 1.54) is 19.2 Å². The monoisotopic (exact) mass is 229 g/mol. The van der Waals surface area contributed by atoms with E-state index in [4.69, 9.17) is 22.1 Å². The molecule has 0 radical (unpaired) electrons. The van der Waals surface area contributed by atoms with Crippen LogP contribution in [0.1, 0.15) is 16.8 Å². The first-order chi connectivity index (χ1) is 7.11. The number of benzene rings is 1. The quantitative estimate of drug-likeness (QED) is 0.769. The fourth-order valence-corrected chi connectivity index (χ4v) is 1.52. The van der Waals surface area contributed by atoms with Crippen LogP contribution >= 0.6 is 11.6 Å². The van der Waals surface area contributed by atoms with Gasteiger partial charge in [-0.2, -0.15) is 0 Å². The van der Waals surface area contributed by atoms with E-state index in [1.807, 2.05) is 0 Å². The molecule has 15 heavy (non-hydrogen) atoms. The Morgan fingerprint density at radius 2 is 2.27 bits per heavy atom. The second-order valence-corrected chi connectivity index (χ2v) is 3.34. The SMILES string of the molecule is COc1c(O)ccc(Cl)c1C(=O)CCN. The van der Waals surface area contributed by atoms with Crippen LogP contribution in [0.4, 0.5) is 0 Å². The molecular weight excluding hydrogens is 218 g/mol. The fraction of sp³-hybridized carbons (Fsp3) is 0.300. The van der Waals surface area contributed by atoms with Gasteiger partial charge in [-0.05, 0) is 18.7 Å². The van der Waals surface area contributed by atoms with Crippen LogP contribution in [0.3, 0.4) is 0 Å². The zero-order valence-corrected chi connectivity index (χ0v) is 9.04. The highest BCUT2D eigenvalue weighted by molar-refractivity contribution is 6.34. The van der Waals surface area contributed by atoms with Crippen LogP contribution in [0.2, 0.25) is 5.02 Å². The van der Waals surface area contributed by atoms with Crippen LogP contribution in [0.25, 0.3) is 0 Å². The van der Waals surface area contributed by atoms with Crippen LogP contribution in [0, 0.1) is 0 Å². The number of aromatic hydroxyl groups is 1. The van der Waals surface area contributed by atoms with Gasteiger partial charge in [0.15, 0.2) is 17.3 Å². The van der Waals surface area contributed by atoms with E-state index in [2.05, 4.69) is 0 Å². The number of phenols is 1. The number of carbonyl (C=O) groups excluding carboxylic acids is 1. The smallest absolute Gasteiger partial charge is 0.172 e. The van der Waals surface area contributed by atoms with E-state index in [0.717, 1.165) is 0 Å². The van der Waals surface area contributed by atoms with Gasteiger partial charge < -0.3 is 15.6 Å². The number of carbonyl (C=O) groups is 1. The van der Waals surface area contributed by atoms with Gasteiger partial charge in [-0.15, -0.1) is 0 Å². The highest BCUT2D eigenvalue weighted by Crippen LogP contribution is 2.35. The van der Waals surface area contributed by atoms with Crippen molar-refractivity contribution >= 4 is 17.4 Å². The molecule has 0 unspecified atom stereocenters. The van der Waals surface area contributed by atoms with Crippen molar-refractivity contribution in [3.05, 3.63) is 22.7 Å². The highest BCUT2D eigenvalue weighted by atomic mass is 35.5. The third-order valence-electron chi connectivity index (χ3n) is 1.94. The van der Waals surface area contributed by atoms with E-state index in [-0.39, 0.29) is 40.8 Å². The van der Waals surface area contributed by atoms with Crippen molar-refractivity contribution in [1.82, 2.24) is 0 Å². The lowest BCUT2D eigenvalue weighted by atomic mass is 10.1. The molecule has 0 bridgehead atoms. The molecule has 0 aliphatic carbocycles. The molecule has 0 amide bonds. The fourth-order valence-electron chi connectivity index (χ4n) is 1.27. The lowest BCUT2D eigenvalue weighted by molar-refractivity contribution is 0.0982. The molecule has 3 N–H and O–H groups in total. The first kappa shape index (κ1) is 11.8. The summed E-state index contributed by atoms with van der Waals surface area (Å²) in [7, 11) is 1.37. The van der Waals surface area contributed by atoms with E-state index in [1.54, 1.807) is 0 Å². The number of ketones is 1. The molecule has 0 aliphatic rings.